The van der Waals surface area contributed by atoms with Crippen LogP contribution in [0.3, 0.4) is 0 Å². The molecular formula is C13H18F3N3S. The number of nitrogens with zero attached hydrogens (tertiary/aromatic N) is 2. The van der Waals surface area contributed by atoms with Crippen LogP contribution in [0.15, 0.2) is 6.20 Å². The van der Waals surface area contributed by atoms with Crippen LogP contribution in [0.4, 0.5) is 13.2 Å². The zero-order valence-corrected chi connectivity index (χ0v) is 12.4. The van der Waals surface area contributed by atoms with Gasteiger partial charge < -0.3 is 5.32 Å². The molecule has 1 N–H and O–H groups in total. The summed E-state index contributed by atoms with van der Waals surface area (Å²) in [5.74, 6) is 0. The van der Waals surface area contributed by atoms with E-state index in [0.29, 0.717) is 19.5 Å². The lowest BCUT2D eigenvalue weighted by atomic mass is 10.2. The van der Waals surface area contributed by atoms with Crippen molar-refractivity contribution >= 4 is 16.3 Å². The van der Waals surface area contributed by atoms with Gasteiger partial charge >= 0.3 is 6.18 Å². The monoisotopic (exact) mass is 305 g/mol. The Kier molecular flexibility index (Phi) is 4.70. The molecule has 2 aromatic heterocycles. The van der Waals surface area contributed by atoms with E-state index in [1.54, 1.807) is 11.3 Å². The van der Waals surface area contributed by atoms with Gasteiger partial charge in [0.25, 0.3) is 0 Å². The summed E-state index contributed by atoms with van der Waals surface area (Å²) in [4.78, 5) is 6.63. The zero-order valence-electron chi connectivity index (χ0n) is 11.5. The molecule has 0 unspecified atom stereocenters. The molecule has 0 saturated carbocycles. The van der Waals surface area contributed by atoms with Crippen LogP contribution >= 0.6 is 11.3 Å². The highest BCUT2D eigenvalue weighted by atomic mass is 32.1. The third-order valence-corrected chi connectivity index (χ3v) is 4.00. The van der Waals surface area contributed by atoms with Crippen molar-refractivity contribution in [3.63, 3.8) is 0 Å². The van der Waals surface area contributed by atoms with Crippen molar-refractivity contribution in [2.75, 3.05) is 6.54 Å². The molecule has 0 aliphatic carbocycles. The first-order chi connectivity index (χ1) is 9.37. The second-order valence-electron chi connectivity index (χ2n) is 4.89. The van der Waals surface area contributed by atoms with Crippen LogP contribution < -0.4 is 5.32 Å². The topological polar surface area (TPSA) is 29.3 Å². The number of hydrogen-bond donors (Lipinski definition) is 1. The van der Waals surface area contributed by atoms with Gasteiger partial charge in [0.2, 0.25) is 0 Å². The molecule has 0 aliphatic rings. The quantitative estimate of drug-likeness (QED) is 0.822. The molecule has 112 valence electrons. The van der Waals surface area contributed by atoms with Gasteiger partial charge in [-0.3, -0.25) is 4.40 Å². The van der Waals surface area contributed by atoms with Crippen LogP contribution in [0.1, 0.15) is 35.5 Å². The number of thiazole rings is 1. The smallest absolute Gasteiger partial charge is 0.311 e. The Hall–Kier alpha value is -1.08. The molecule has 0 amide bonds. The standard InChI is InChI=1S/C13H18F3N3S/c1-9-8-19-11(10(2)18-12(19)20-9)7-17-6-4-3-5-13(14,15)16/h8,17H,3-7H2,1-2H3. The number of aromatic nitrogens is 2. The van der Waals surface area contributed by atoms with E-state index in [4.69, 9.17) is 0 Å². The zero-order chi connectivity index (χ0) is 14.8. The fourth-order valence-corrected chi connectivity index (χ4v) is 2.99. The fraction of sp³-hybridized carbons (Fsp3) is 0.615. The Morgan fingerprint density at radius 2 is 2.05 bits per heavy atom. The maximum Gasteiger partial charge on any atom is 0.389 e. The lowest BCUT2D eigenvalue weighted by Crippen LogP contribution is -2.17. The van der Waals surface area contributed by atoms with Gasteiger partial charge in [-0.2, -0.15) is 13.2 Å². The van der Waals surface area contributed by atoms with E-state index in [1.165, 1.54) is 4.88 Å². The number of fused-ring (bicyclic) bond motifs is 1. The van der Waals surface area contributed by atoms with Crippen LogP contribution in [0.25, 0.3) is 4.96 Å². The molecule has 0 fully saturated rings. The van der Waals surface area contributed by atoms with Gasteiger partial charge in [-0.05, 0) is 33.2 Å². The predicted molar refractivity (Wildman–Crippen MR) is 74.2 cm³/mol. The molecule has 3 nitrogen and oxygen atoms in total. The van der Waals surface area contributed by atoms with Crippen LogP contribution in [-0.2, 0) is 6.54 Å². The van der Waals surface area contributed by atoms with Crippen molar-refractivity contribution < 1.29 is 13.2 Å². The third kappa shape index (κ3) is 3.96. The molecule has 0 aromatic carbocycles. The van der Waals surface area contributed by atoms with E-state index >= 15 is 0 Å². The SMILES string of the molecule is Cc1cn2c(CNCCCCC(F)(F)F)c(C)nc2s1. The van der Waals surface area contributed by atoms with Gasteiger partial charge in [-0.1, -0.05) is 0 Å². The number of alkyl halides is 3. The molecule has 0 spiro atoms. The van der Waals surface area contributed by atoms with E-state index in [2.05, 4.69) is 14.7 Å². The average Bonchev–Trinajstić information content (AvgIpc) is 2.79. The number of rotatable bonds is 6. The van der Waals surface area contributed by atoms with Gasteiger partial charge in [-0.25, -0.2) is 4.98 Å². The number of aryl methyl sites for hydroxylation is 2. The molecule has 0 aliphatic heterocycles. The first kappa shape index (κ1) is 15.3. The number of imidazole rings is 1. The minimum Gasteiger partial charge on any atom is -0.311 e. The second kappa shape index (κ2) is 6.13. The first-order valence-corrected chi connectivity index (χ1v) is 7.40. The maximum absolute atomic E-state index is 12.0. The van der Waals surface area contributed by atoms with E-state index in [-0.39, 0.29) is 6.42 Å². The van der Waals surface area contributed by atoms with Crippen LogP contribution in [0.2, 0.25) is 0 Å². The second-order valence-corrected chi connectivity index (χ2v) is 6.10. The van der Waals surface area contributed by atoms with E-state index in [9.17, 15) is 13.2 Å². The molecular weight excluding hydrogens is 287 g/mol. The van der Waals surface area contributed by atoms with Gasteiger partial charge in [0.05, 0.1) is 11.4 Å². The summed E-state index contributed by atoms with van der Waals surface area (Å²) in [6.07, 6.45) is -1.99. The Morgan fingerprint density at radius 3 is 2.75 bits per heavy atom. The summed E-state index contributed by atoms with van der Waals surface area (Å²) in [6, 6.07) is 0. The fourth-order valence-electron chi connectivity index (χ4n) is 2.10. The molecule has 7 heteroatoms. The summed E-state index contributed by atoms with van der Waals surface area (Å²) in [5, 5.41) is 3.19. The van der Waals surface area contributed by atoms with Crippen molar-refractivity contribution in [2.24, 2.45) is 0 Å². The molecule has 0 saturated heterocycles. The van der Waals surface area contributed by atoms with E-state index < -0.39 is 12.6 Å². The highest BCUT2D eigenvalue weighted by Crippen LogP contribution is 2.22. The molecule has 20 heavy (non-hydrogen) atoms. The number of halogens is 3. The van der Waals surface area contributed by atoms with Crippen LogP contribution in [-0.4, -0.2) is 22.1 Å². The molecule has 0 atom stereocenters. The molecule has 0 bridgehead atoms. The third-order valence-electron chi connectivity index (χ3n) is 3.10. The lowest BCUT2D eigenvalue weighted by molar-refractivity contribution is -0.135. The van der Waals surface area contributed by atoms with Crippen LogP contribution in [0, 0.1) is 13.8 Å². The Balaban J connectivity index is 1.80. The first-order valence-electron chi connectivity index (χ1n) is 6.58. The maximum atomic E-state index is 12.0. The van der Waals surface area contributed by atoms with Gasteiger partial charge in [-0.15, -0.1) is 11.3 Å². The minimum absolute atomic E-state index is 0.175. The summed E-state index contributed by atoms with van der Waals surface area (Å²) >= 11 is 1.64. The average molecular weight is 305 g/mol. The van der Waals surface area contributed by atoms with E-state index in [0.717, 1.165) is 16.3 Å². The van der Waals surface area contributed by atoms with Crippen molar-refractivity contribution in [2.45, 2.75) is 45.8 Å². The Bertz CT molecular complexity index is 571. The molecule has 2 heterocycles. The summed E-state index contributed by atoms with van der Waals surface area (Å²) in [5.41, 5.74) is 2.05. The van der Waals surface area contributed by atoms with Crippen LogP contribution in [0.5, 0.6) is 0 Å². The molecule has 2 aromatic rings. The predicted octanol–water partition coefficient (Wildman–Crippen LogP) is 3.83. The Morgan fingerprint density at radius 1 is 1.30 bits per heavy atom. The lowest BCUT2D eigenvalue weighted by Gasteiger charge is -2.07. The van der Waals surface area contributed by atoms with Crippen molar-refractivity contribution in [1.29, 1.82) is 0 Å². The largest absolute Gasteiger partial charge is 0.389 e. The number of nitrogens with one attached hydrogen (secondary N) is 1. The van der Waals surface area contributed by atoms with Crippen molar-refractivity contribution in [3.05, 3.63) is 22.5 Å². The highest BCUT2D eigenvalue weighted by Gasteiger charge is 2.25. The van der Waals surface area contributed by atoms with Gasteiger partial charge in [0.15, 0.2) is 4.96 Å². The number of unbranched alkanes of at least 4 members (excludes halogenated alkanes) is 1. The molecule has 0 radical (unpaired) electrons. The Labute approximate surface area is 119 Å². The van der Waals surface area contributed by atoms with Crippen molar-refractivity contribution in [3.8, 4) is 0 Å². The molecule has 2 rings (SSSR count). The summed E-state index contributed by atoms with van der Waals surface area (Å²) in [6.45, 7) is 5.21. The van der Waals surface area contributed by atoms with Gasteiger partial charge in [0, 0.05) is 24.0 Å². The van der Waals surface area contributed by atoms with Gasteiger partial charge in [0.1, 0.15) is 0 Å². The number of hydrogen-bond acceptors (Lipinski definition) is 3. The highest BCUT2D eigenvalue weighted by molar-refractivity contribution is 7.17. The summed E-state index contributed by atoms with van der Waals surface area (Å²) < 4.78 is 38.0. The minimum atomic E-state index is -4.04. The normalized spacial score (nSPS) is 12.4. The van der Waals surface area contributed by atoms with Crippen molar-refractivity contribution in [1.82, 2.24) is 14.7 Å². The summed E-state index contributed by atoms with van der Waals surface area (Å²) in [7, 11) is 0. The van der Waals surface area contributed by atoms with E-state index in [1.807, 2.05) is 20.0 Å².